The van der Waals surface area contributed by atoms with Crippen molar-refractivity contribution in [3.05, 3.63) is 29.6 Å². The molecule has 1 saturated heterocycles. The molecule has 1 amide bonds. The number of rotatable bonds is 2. The molecule has 0 aliphatic carbocycles. The number of hydrogen-bond acceptors (Lipinski definition) is 3. The minimum Gasteiger partial charge on any atom is -0.496 e. The van der Waals surface area contributed by atoms with Crippen molar-refractivity contribution < 1.29 is 18.7 Å². The highest BCUT2D eigenvalue weighted by Gasteiger charge is 2.23. The monoisotopic (exact) mass is 261 g/mol. The van der Waals surface area contributed by atoms with Gasteiger partial charge in [-0.15, -0.1) is 12.4 Å². The summed E-state index contributed by atoms with van der Waals surface area (Å²) in [6, 6.07) is 4.08. The van der Waals surface area contributed by atoms with Gasteiger partial charge >= 0.3 is 6.09 Å². The second-order valence-corrected chi connectivity index (χ2v) is 3.51. The van der Waals surface area contributed by atoms with Crippen molar-refractivity contribution in [2.24, 2.45) is 0 Å². The molecule has 0 bridgehead atoms. The number of methoxy groups -OCH3 is 1. The van der Waals surface area contributed by atoms with E-state index < -0.39 is 6.09 Å². The Morgan fingerprint density at radius 1 is 1.53 bits per heavy atom. The summed E-state index contributed by atoms with van der Waals surface area (Å²) in [5.41, 5.74) is 0.764. The predicted octanol–water partition coefficient (Wildman–Crippen LogP) is 2.43. The van der Waals surface area contributed by atoms with Gasteiger partial charge in [-0.3, -0.25) is 0 Å². The Kier molecular flexibility index (Phi) is 4.57. The van der Waals surface area contributed by atoms with Crippen LogP contribution in [0.5, 0.6) is 5.75 Å². The number of hydrogen-bond donors (Lipinski definition) is 1. The van der Waals surface area contributed by atoms with Gasteiger partial charge < -0.3 is 14.8 Å². The Balaban J connectivity index is 0.00000144. The number of cyclic esters (lactones) is 1. The smallest absolute Gasteiger partial charge is 0.407 e. The molecular weight excluding hydrogens is 249 g/mol. The third-order valence-electron chi connectivity index (χ3n) is 2.50. The quantitative estimate of drug-likeness (QED) is 0.889. The molecule has 0 unspecified atom stereocenters. The Bertz CT molecular complexity index is 414. The highest BCUT2D eigenvalue weighted by Crippen LogP contribution is 2.29. The summed E-state index contributed by atoms with van der Waals surface area (Å²) in [5, 5.41) is 2.66. The van der Waals surface area contributed by atoms with E-state index in [-0.39, 0.29) is 24.3 Å². The van der Waals surface area contributed by atoms with Crippen LogP contribution in [-0.4, -0.2) is 19.8 Å². The van der Waals surface area contributed by atoms with Gasteiger partial charge in [-0.25, -0.2) is 9.18 Å². The van der Waals surface area contributed by atoms with E-state index in [0.717, 1.165) is 5.56 Å². The Morgan fingerprint density at radius 2 is 2.29 bits per heavy atom. The van der Waals surface area contributed by atoms with Gasteiger partial charge in [0.2, 0.25) is 0 Å². The van der Waals surface area contributed by atoms with E-state index in [1.54, 1.807) is 6.07 Å². The van der Waals surface area contributed by atoms with E-state index in [1.807, 2.05) is 0 Å². The van der Waals surface area contributed by atoms with Gasteiger partial charge in [0.05, 0.1) is 19.8 Å². The van der Waals surface area contributed by atoms with Crippen LogP contribution in [0.4, 0.5) is 9.18 Å². The van der Waals surface area contributed by atoms with Crippen molar-refractivity contribution in [3.63, 3.8) is 0 Å². The lowest BCUT2D eigenvalue weighted by atomic mass is 10.0. The summed E-state index contributed by atoms with van der Waals surface area (Å²) in [6.45, 7) is 0.358. The molecule has 17 heavy (non-hydrogen) atoms. The molecule has 1 aromatic carbocycles. The second-order valence-electron chi connectivity index (χ2n) is 3.51. The van der Waals surface area contributed by atoms with Crippen LogP contribution >= 0.6 is 12.4 Å². The fraction of sp³-hybridized carbons (Fsp3) is 0.364. The van der Waals surface area contributed by atoms with Crippen molar-refractivity contribution in [3.8, 4) is 5.75 Å². The lowest BCUT2D eigenvalue weighted by molar-refractivity contribution is 0.115. The first-order valence-electron chi connectivity index (χ1n) is 4.97. The van der Waals surface area contributed by atoms with Crippen molar-refractivity contribution in [1.82, 2.24) is 5.32 Å². The Morgan fingerprint density at radius 3 is 2.94 bits per heavy atom. The molecule has 1 atom stereocenters. The van der Waals surface area contributed by atoms with Crippen LogP contribution in [0, 0.1) is 5.82 Å². The second kappa shape index (κ2) is 5.72. The van der Waals surface area contributed by atoms with Crippen LogP contribution < -0.4 is 10.1 Å². The molecule has 2 rings (SSSR count). The molecule has 6 heteroatoms. The van der Waals surface area contributed by atoms with Gasteiger partial charge in [0.25, 0.3) is 0 Å². The number of halogens is 2. The molecule has 1 N–H and O–H groups in total. The van der Waals surface area contributed by atoms with Crippen LogP contribution in [0.15, 0.2) is 18.2 Å². The zero-order chi connectivity index (χ0) is 11.5. The first-order chi connectivity index (χ1) is 7.70. The minimum atomic E-state index is -0.456. The normalized spacial score (nSPS) is 18.7. The van der Waals surface area contributed by atoms with E-state index in [1.165, 1.54) is 19.2 Å². The predicted molar refractivity (Wildman–Crippen MR) is 62.0 cm³/mol. The molecule has 94 valence electrons. The van der Waals surface area contributed by atoms with Gasteiger partial charge in [-0.05, 0) is 6.07 Å². The molecule has 1 aliphatic heterocycles. The van der Waals surface area contributed by atoms with E-state index >= 15 is 0 Å². The summed E-state index contributed by atoms with van der Waals surface area (Å²) in [6.07, 6.45) is 0.191. The average Bonchev–Trinajstić information content (AvgIpc) is 2.28. The first-order valence-corrected chi connectivity index (χ1v) is 4.97. The number of carbonyl (C=O) groups excluding carboxylic acids is 1. The summed E-state index contributed by atoms with van der Waals surface area (Å²) in [5.74, 6) is 0.0752. The summed E-state index contributed by atoms with van der Waals surface area (Å²) < 4.78 is 22.8. The molecule has 0 aromatic heterocycles. The standard InChI is InChI=1S/C11H12FNO3.ClH/c1-15-10-6-7(12)2-3-8(10)9-4-5-16-11(14)13-9;/h2-3,6,9H,4-5H2,1H3,(H,13,14);1H/t9-;/m1./s1. The highest BCUT2D eigenvalue weighted by molar-refractivity contribution is 5.85. The van der Waals surface area contributed by atoms with Gasteiger partial charge in [-0.1, -0.05) is 6.07 Å². The molecule has 1 aliphatic rings. The van der Waals surface area contributed by atoms with Crippen LogP contribution in [0.25, 0.3) is 0 Å². The maximum Gasteiger partial charge on any atom is 0.407 e. The van der Waals surface area contributed by atoms with E-state index in [4.69, 9.17) is 9.47 Å². The SMILES string of the molecule is COc1cc(F)ccc1[C@H]1CCOC(=O)N1.Cl. The molecule has 0 radical (unpaired) electrons. The van der Waals surface area contributed by atoms with Crippen LogP contribution in [0.3, 0.4) is 0 Å². The maximum absolute atomic E-state index is 13.0. The minimum absolute atomic E-state index is 0. The number of amides is 1. The summed E-state index contributed by atoms with van der Waals surface area (Å²) in [4.78, 5) is 11.1. The molecule has 0 spiro atoms. The average molecular weight is 262 g/mol. The molecule has 1 heterocycles. The lowest BCUT2D eigenvalue weighted by Crippen LogP contribution is -2.35. The molecular formula is C11H13ClFNO3. The zero-order valence-electron chi connectivity index (χ0n) is 9.23. The van der Waals surface area contributed by atoms with Gasteiger partial charge in [0.1, 0.15) is 11.6 Å². The number of benzene rings is 1. The largest absolute Gasteiger partial charge is 0.496 e. The van der Waals surface area contributed by atoms with E-state index in [2.05, 4.69) is 5.32 Å². The Labute approximate surface area is 105 Å². The van der Waals surface area contributed by atoms with Crippen LogP contribution in [0.1, 0.15) is 18.0 Å². The van der Waals surface area contributed by atoms with Gasteiger partial charge in [-0.2, -0.15) is 0 Å². The number of ether oxygens (including phenoxy) is 2. The van der Waals surface area contributed by atoms with Crippen molar-refractivity contribution >= 4 is 18.5 Å². The third-order valence-corrected chi connectivity index (χ3v) is 2.50. The van der Waals surface area contributed by atoms with Gasteiger partial charge in [0.15, 0.2) is 0 Å². The topological polar surface area (TPSA) is 47.6 Å². The first kappa shape index (κ1) is 13.6. The molecule has 4 nitrogen and oxygen atoms in total. The van der Waals surface area contributed by atoms with Gasteiger partial charge in [0, 0.05) is 18.1 Å². The Hall–Kier alpha value is -1.49. The molecule has 1 fully saturated rings. The fourth-order valence-electron chi connectivity index (χ4n) is 1.73. The third kappa shape index (κ3) is 3.00. The van der Waals surface area contributed by atoms with Crippen molar-refractivity contribution in [1.29, 1.82) is 0 Å². The number of carbonyl (C=O) groups is 1. The number of nitrogens with one attached hydrogen (secondary N) is 1. The molecule has 1 aromatic rings. The highest BCUT2D eigenvalue weighted by atomic mass is 35.5. The fourth-order valence-corrected chi connectivity index (χ4v) is 1.73. The summed E-state index contributed by atoms with van der Waals surface area (Å²) in [7, 11) is 1.47. The molecule has 0 saturated carbocycles. The maximum atomic E-state index is 13.0. The number of alkyl carbamates (subject to hydrolysis) is 1. The van der Waals surface area contributed by atoms with Crippen molar-refractivity contribution in [2.45, 2.75) is 12.5 Å². The zero-order valence-corrected chi connectivity index (χ0v) is 10.1. The van der Waals surface area contributed by atoms with Crippen LogP contribution in [-0.2, 0) is 4.74 Å². The lowest BCUT2D eigenvalue weighted by Gasteiger charge is -2.25. The van der Waals surface area contributed by atoms with Crippen LogP contribution in [0.2, 0.25) is 0 Å². The summed E-state index contributed by atoms with van der Waals surface area (Å²) >= 11 is 0. The van der Waals surface area contributed by atoms with E-state index in [9.17, 15) is 9.18 Å². The van der Waals surface area contributed by atoms with E-state index in [0.29, 0.717) is 18.8 Å². The van der Waals surface area contributed by atoms with Crippen molar-refractivity contribution in [2.75, 3.05) is 13.7 Å².